The van der Waals surface area contributed by atoms with Gasteiger partial charge in [-0.2, -0.15) is 5.10 Å². The van der Waals surface area contributed by atoms with Crippen molar-refractivity contribution in [3.05, 3.63) is 59.7 Å². The molecule has 2 N–H and O–H groups in total. The van der Waals surface area contributed by atoms with Crippen molar-refractivity contribution >= 4 is 11.4 Å². The summed E-state index contributed by atoms with van der Waals surface area (Å²) < 4.78 is 5.68. The smallest absolute Gasteiger partial charge is 0.119 e. The van der Waals surface area contributed by atoms with Crippen LogP contribution in [-0.2, 0) is 0 Å². The molecule has 2 aromatic rings. The number of hydrogen-bond donors (Lipinski definition) is 1. The molecule has 1 aliphatic heterocycles. The Bertz CT molecular complexity index is 709. The first-order valence-electron chi connectivity index (χ1n) is 8.57. The van der Waals surface area contributed by atoms with Crippen LogP contribution < -0.4 is 15.5 Å². The van der Waals surface area contributed by atoms with Crippen molar-refractivity contribution in [3.63, 3.8) is 0 Å². The number of hydrazone groups is 1. The van der Waals surface area contributed by atoms with Gasteiger partial charge in [-0.15, -0.1) is 0 Å². The van der Waals surface area contributed by atoms with Gasteiger partial charge >= 0.3 is 0 Å². The van der Waals surface area contributed by atoms with Crippen molar-refractivity contribution in [3.8, 4) is 5.75 Å². The SMILES string of the molecule is CCCOc1ccc(C2CC(CN)=NN2c2ccccc2C)cc1. The third kappa shape index (κ3) is 3.44. The van der Waals surface area contributed by atoms with Gasteiger partial charge in [-0.05, 0) is 42.7 Å². The molecule has 4 heteroatoms. The highest BCUT2D eigenvalue weighted by Crippen LogP contribution is 2.36. The lowest BCUT2D eigenvalue weighted by molar-refractivity contribution is 0.317. The van der Waals surface area contributed by atoms with E-state index in [1.165, 1.54) is 11.1 Å². The van der Waals surface area contributed by atoms with Gasteiger partial charge in [0.2, 0.25) is 0 Å². The molecule has 0 aliphatic carbocycles. The van der Waals surface area contributed by atoms with Gasteiger partial charge in [0.25, 0.3) is 0 Å². The number of nitrogens with two attached hydrogens (primary N) is 1. The molecule has 0 saturated heterocycles. The maximum atomic E-state index is 5.85. The molecule has 0 fully saturated rings. The third-order valence-corrected chi connectivity index (χ3v) is 4.31. The lowest BCUT2D eigenvalue weighted by atomic mass is 10.0. The van der Waals surface area contributed by atoms with Crippen LogP contribution in [0.5, 0.6) is 5.75 Å². The first kappa shape index (κ1) is 16.5. The molecule has 0 saturated carbocycles. The average Bonchev–Trinajstić information content (AvgIpc) is 3.05. The molecule has 0 spiro atoms. The maximum Gasteiger partial charge on any atom is 0.119 e. The first-order chi connectivity index (χ1) is 11.7. The molecule has 2 aromatic carbocycles. The van der Waals surface area contributed by atoms with Crippen LogP contribution in [0.2, 0.25) is 0 Å². The van der Waals surface area contributed by atoms with Crippen LogP contribution in [0.1, 0.15) is 36.9 Å². The number of hydrogen-bond acceptors (Lipinski definition) is 4. The summed E-state index contributed by atoms with van der Waals surface area (Å²) >= 11 is 0. The van der Waals surface area contributed by atoms with Gasteiger partial charge in [-0.1, -0.05) is 37.3 Å². The Morgan fingerprint density at radius 3 is 2.58 bits per heavy atom. The fourth-order valence-electron chi connectivity index (χ4n) is 3.00. The second-order valence-electron chi connectivity index (χ2n) is 6.14. The zero-order valence-electron chi connectivity index (χ0n) is 14.4. The van der Waals surface area contributed by atoms with Crippen molar-refractivity contribution in [1.82, 2.24) is 0 Å². The Morgan fingerprint density at radius 1 is 1.17 bits per heavy atom. The summed E-state index contributed by atoms with van der Waals surface area (Å²) in [6.45, 7) is 5.47. The van der Waals surface area contributed by atoms with E-state index in [1.54, 1.807) is 0 Å². The molecule has 0 radical (unpaired) electrons. The topological polar surface area (TPSA) is 50.9 Å². The van der Waals surface area contributed by atoms with E-state index >= 15 is 0 Å². The van der Waals surface area contributed by atoms with E-state index < -0.39 is 0 Å². The summed E-state index contributed by atoms with van der Waals surface area (Å²) in [5.74, 6) is 0.918. The second kappa shape index (κ2) is 7.49. The van der Waals surface area contributed by atoms with Crippen LogP contribution in [0.4, 0.5) is 5.69 Å². The molecular weight excluding hydrogens is 298 g/mol. The Hall–Kier alpha value is -2.33. The summed E-state index contributed by atoms with van der Waals surface area (Å²) in [4.78, 5) is 0. The summed E-state index contributed by atoms with van der Waals surface area (Å²) in [6, 6.07) is 16.9. The Morgan fingerprint density at radius 2 is 1.92 bits per heavy atom. The molecule has 126 valence electrons. The fourth-order valence-corrected chi connectivity index (χ4v) is 3.00. The van der Waals surface area contributed by atoms with Crippen molar-refractivity contribution in [2.24, 2.45) is 10.8 Å². The number of aryl methyl sites for hydroxylation is 1. The van der Waals surface area contributed by atoms with Gasteiger partial charge in [0.1, 0.15) is 5.75 Å². The molecule has 1 aliphatic rings. The van der Waals surface area contributed by atoms with Gasteiger partial charge in [0.15, 0.2) is 0 Å². The lowest BCUT2D eigenvalue weighted by Gasteiger charge is -2.25. The van der Waals surface area contributed by atoms with E-state index in [2.05, 4.69) is 55.3 Å². The number of nitrogens with zero attached hydrogens (tertiary/aromatic N) is 2. The van der Waals surface area contributed by atoms with Crippen LogP contribution in [0, 0.1) is 6.92 Å². The molecule has 1 atom stereocenters. The van der Waals surface area contributed by atoms with E-state index in [4.69, 9.17) is 15.6 Å². The van der Waals surface area contributed by atoms with Crippen LogP contribution in [0.25, 0.3) is 0 Å². The monoisotopic (exact) mass is 323 g/mol. The quantitative estimate of drug-likeness (QED) is 0.872. The van der Waals surface area contributed by atoms with E-state index in [0.717, 1.165) is 36.6 Å². The predicted octanol–water partition coefficient (Wildman–Crippen LogP) is 4.05. The Labute approximate surface area is 143 Å². The van der Waals surface area contributed by atoms with Gasteiger partial charge in [0, 0.05) is 13.0 Å². The van der Waals surface area contributed by atoms with E-state index in [1.807, 2.05) is 12.1 Å². The molecule has 3 rings (SSSR count). The highest BCUT2D eigenvalue weighted by atomic mass is 16.5. The number of para-hydroxylation sites is 1. The van der Waals surface area contributed by atoms with Crippen LogP contribution in [0.15, 0.2) is 53.6 Å². The zero-order chi connectivity index (χ0) is 16.9. The number of anilines is 1. The molecular formula is C20H25N3O. The summed E-state index contributed by atoms with van der Waals surface area (Å²) in [5.41, 5.74) is 10.5. The molecule has 0 aromatic heterocycles. The second-order valence-corrected chi connectivity index (χ2v) is 6.14. The largest absolute Gasteiger partial charge is 0.494 e. The number of benzene rings is 2. The normalized spacial score (nSPS) is 17.0. The summed E-state index contributed by atoms with van der Waals surface area (Å²) in [5, 5.41) is 6.87. The van der Waals surface area contributed by atoms with Crippen molar-refractivity contribution in [1.29, 1.82) is 0 Å². The molecule has 1 heterocycles. The van der Waals surface area contributed by atoms with E-state index in [9.17, 15) is 0 Å². The van der Waals surface area contributed by atoms with Gasteiger partial charge in [-0.3, -0.25) is 5.01 Å². The summed E-state index contributed by atoms with van der Waals surface area (Å²) in [7, 11) is 0. The maximum absolute atomic E-state index is 5.85. The molecule has 4 nitrogen and oxygen atoms in total. The highest BCUT2D eigenvalue weighted by molar-refractivity contribution is 5.90. The van der Waals surface area contributed by atoms with E-state index in [-0.39, 0.29) is 6.04 Å². The lowest BCUT2D eigenvalue weighted by Crippen LogP contribution is -2.19. The van der Waals surface area contributed by atoms with E-state index in [0.29, 0.717) is 6.54 Å². The molecule has 0 bridgehead atoms. The molecule has 1 unspecified atom stereocenters. The average molecular weight is 323 g/mol. The number of rotatable bonds is 6. The fraction of sp³-hybridized carbons (Fsp3) is 0.350. The van der Waals surface area contributed by atoms with Crippen LogP contribution in [-0.4, -0.2) is 18.9 Å². The van der Waals surface area contributed by atoms with Crippen molar-refractivity contribution in [2.75, 3.05) is 18.2 Å². The van der Waals surface area contributed by atoms with Gasteiger partial charge < -0.3 is 10.5 Å². The van der Waals surface area contributed by atoms with Crippen molar-refractivity contribution < 1.29 is 4.74 Å². The zero-order valence-corrected chi connectivity index (χ0v) is 14.4. The third-order valence-electron chi connectivity index (χ3n) is 4.31. The molecule has 24 heavy (non-hydrogen) atoms. The highest BCUT2D eigenvalue weighted by Gasteiger charge is 2.29. The summed E-state index contributed by atoms with van der Waals surface area (Å²) in [6.07, 6.45) is 1.87. The first-order valence-corrected chi connectivity index (χ1v) is 8.57. The molecule has 0 amide bonds. The predicted molar refractivity (Wildman–Crippen MR) is 99.7 cm³/mol. The minimum absolute atomic E-state index is 0.185. The minimum atomic E-state index is 0.185. The standard InChI is InChI=1S/C20H25N3O/c1-3-12-24-18-10-8-16(9-11-18)20-13-17(14-21)22-23(20)19-7-5-4-6-15(19)2/h4-11,20H,3,12-14,21H2,1-2H3. The van der Waals surface area contributed by atoms with Crippen LogP contribution in [0.3, 0.4) is 0 Å². The van der Waals surface area contributed by atoms with Crippen LogP contribution >= 0.6 is 0 Å². The number of ether oxygens (including phenoxy) is 1. The van der Waals surface area contributed by atoms with Gasteiger partial charge in [-0.25, -0.2) is 0 Å². The van der Waals surface area contributed by atoms with Gasteiger partial charge in [0.05, 0.1) is 24.0 Å². The Kier molecular flexibility index (Phi) is 5.16. The minimum Gasteiger partial charge on any atom is -0.494 e. The van der Waals surface area contributed by atoms with Crippen molar-refractivity contribution in [2.45, 2.75) is 32.7 Å². The Balaban J connectivity index is 1.87.